The molecule has 2 saturated heterocycles. The van der Waals surface area contributed by atoms with E-state index in [-0.39, 0.29) is 30.2 Å². The van der Waals surface area contributed by atoms with Gasteiger partial charge in [-0.15, -0.1) is 0 Å². The highest BCUT2D eigenvalue weighted by Crippen LogP contribution is 2.34. The standard InChI is InChI=1S/C39H52N6O2/c46-38(42-27-30-9-3-1-4-10-30)44(36-17-21-40-22-18-36)29-32-13-7-14-33(25-32)34-15-8-16-35(26-34)43-39(47)45(37-19-23-41-24-20-37)28-31-11-5-2-6-12-31/h1-7,9-14,25,34-37,40-41H,8,15-24,26-29H2,(H,42,46)(H,43,47). The second-order valence-corrected chi connectivity index (χ2v) is 13.6. The van der Waals surface area contributed by atoms with Gasteiger partial charge in [0.25, 0.3) is 0 Å². The number of nitrogens with one attached hydrogen (secondary N) is 4. The molecular formula is C39H52N6O2. The van der Waals surface area contributed by atoms with Gasteiger partial charge in [-0.25, -0.2) is 9.59 Å². The maximum Gasteiger partial charge on any atom is 0.318 e. The molecule has 3 fully saturated rings. The van der Waals surface area contributed by atoms with E-state index in [1.165, 1.54) is 16.7 Å². The first-order valence-corrected chi connectivity index (χ1v) is 17.8. The molecule has 3 aromatic carbocycles. The molecule has 2 aliphatic heterocycles. The van der Waals surface area contributed by atoms with E-state index in [9.17, 15) is 9.59 Å². The average molecular weight is 637 g/mol. The number of benzene rings is 3. The van der Waals surface area contributed by atoms with Crippen LogP contribution >= 0.6 is 0 Å². The second-order valence-electron chi connectivity index (χ2n) is 13.6. The zero-order valence-electron chi connectivity index (χ0n) is 27.7. The van der Waals surface area contributed by atoms with Gasteiger partial charge in [-0.2, -0.15) is 0 Å². The third-order valence-corrected chi connectivity index (χ3v) is 10.3. The molecule has 3 aromatic rings. The lowest BCUT2D eigenvalue weighted by molar-refractivity contribution is 0.148. The zero-order valence-corrected chi connectivity index (χ0v) is 27.7. The summed E-state index contributed by atoms with van der Waals surface area (Å²) in [7, 11) is 0. The van der Waals surface area contributed by atoms with Gasteiger partial charge < -0.3 is 31.1 Å². The minimum Gasteiger partial charge on any atom is -0.335 e. The number of amides is 4. The molecule has 2 atom stereocenters. The predicted molar refractivity (Wildman–Crippen MR) is 188 cm³/mol. The van der Waals surface area contributed by atoms with E-state index >= 15 is 0 Å². The number of carbonyl (C=O) groups is 2. The third-order valence-electron chi connectivity index (χ3n) is 10.3. The monoisotopic (exact) mass is 636 g/mol. The first kappa shape index (κ1) is 33.0. The average Bonchev–Trinajstić information content (AvgIpc) is 3.13. The van der Waals surface area contributed by atoms with Crippen molar-refractivity contribution in [3.05, 3.63) is 107 Å². The molecule has 47 heavy (non-hydrogen) atoms. The van der Waals surface area contributed by atoms with Crippen LogP contribution in [-0.4, -0.2) is 66.2 Å². The Labute approximate surface area is 280 Å². The minimum atomic E-state index is 0.000373. The normalized spacial score (nSPS) is 20.7. The number of rotatable bonds is 10. The van der Waals surface area contributed by atoms with Gasteiger partial charge in [0, 0.05) is 37.8 Å². The summed E-state index contributed by atoms with van der Waals surface area (Å²) in [6.07, 6.45) is 8.05. The van der Waals surface area contributed by atoms with Crippen molar-refractivity contribution in [3.8, 4) is 0 Å². The fourth-order valence-electron chi connectivity index (χ4n) is 7.65. The lowest BCUT2D eigenvalue weighted by Crippen LogP contribution is -2.52. The van der Waals surface area contributed by atoms with Gasteiger partial charge in [-0.05, 0) is 99.3 Å². The third kappa shape index (κ3) is 9.36. The van der Waals surface area contributed by atoms with Crippen molar-refractivity contribution in [1.29, 1.82) is 0 Å². The van der Waals surface area contributed by atoms with Gasteiger partial charge in [0.2, 0.25) is 0 Å². The molecule has 6 rings (SSSR count). The summed E-state index contributed by atoms with van der Waals surface area (Å²) in [6, 6.07) is 30.0. The van der Waals surface area contributed by atoms with Crippen molar-refractivity contribution >= 4 is 12.1 Å². The number of hydrogen-bond acceptors (Lipinski definition) is 4. The fraction of sp³-hybridized carbons (Fsp3) is 0.487. The smallest absolute Gasteiger partial charge is 0.318 e. The zero-order chi connectivity index (χ0) is 32.3. The number of piperidine rings is 2. The molecule has 250 valence electrons. The fourth-order valence-corrected chi connectivity index (χ4v) is 7.65. The molecule has 8 heteroatoms. The van der Waals surface area contributed by atoms with Gasteiger partial charge in [-0.3, -0.25) is 0 Å². The summed E-state index contributed by atoms with van der Waals surface area (Å²) in [4.78, 5) is 31.6. The second kappa shape index (κ2) is 16.8. The number of urea groups is 2. The Balaban J connectivity index is 1.10. The molecule has 8 nitrogen and oxygen atoms in total. The number of carbonyl (C=O) groups excluding carboxylic acids is 2. The van der Waals surface area contributed by atoms with E-state index in [4.69, 9.17) is 0 Å². The molecule has 2 heterocycles. The van der Waals surface area contributed by atoms with Crippen LogP contribution < -0.4 is 21.3 Å². The van der Waals surface area contributed by atoms with Crippen molar-refractivity contribution < 1.29 is 9.59 Å². The van der Waals surface area contributed by atoms with Crippen molar-refractivity contribution in [3.63, 3.8) is 0 Å². The van der Waals surface area contributed by atoms with Gasteiger partial charge in [-0.1, -0.05) is 91.3 Å². The summed E-state index contributed by atoms with van der Waals surface area (Å²) >= 11 is 0. The molecule has 0 aromatic heterocycles. The Morgan fingerprint density at radius 2 is 1.21 bits per heavy atom. The summed E-state index contributed by atoms with van der Waals surface area (Å²) in [5, 5.41) is 13.5. The largest absolute Gasteiger partial charge is 0.335 e. The van der Waals surface area contributed by atoms with Crippen LogP contribution in [0.3, 0.4) is 0 Å². The summed E-state index contributed by atoms with van der Waals surface area (Å²) in [5.41, 5.74) is 4.76. The van der Waals surface area contributed by atoms with E-state index in [2.05, 4.69) is 79.6 Å². The summed E-state index contributed by atoms with van der Waals surface area (Å²) in [5.74, 6) is 0.384. The maximum absolute atomic E-state index is 13.8. The lowest BCUT2D eigenvalue weighted by atomic mass is 9.81. The van der Waals surface area contributed by atoms with E-state index in [1.807, 2.05) is 36.4 Å². The highest BCUT2D eigenvalue weighted by Gasteiger charge is 2.30. The van der Waals surface area contributed by atoms with E-state index in [0.717, 1.165) is 83.1 Å². The van der Waals surface area contributed by atoms with Crippen LogP contribution in [0.2, 0.25) is 0 Å². The van der Waals surface area contributed by atoms with Crippen molar-refractivity contribution in [2.24, 2.45) is 0 Å². The first-order chi connectivity index (χ1) is 23.1. The van der Waals surface area contributed by atoms with Crippen molar-refractivity contribution in [2.75, 3.05) is 26.2 Å². The van der Waals surface area contributed by atoms with Crippen molar-refractivity contribution in [1.82, 2.24) is 31.1 Å². The molecule has 0 spiro atoms. The van der Waals surface area contributed by atoms with Crippen LogP contribution in [0.15, 0.2) is 84.9 Å². The van der Waals surface area contributed by atoms with Gasteiger partial charge in [0.05, 0.1) is 0 Å². The maximum atomic E-state index is 13.8. The Hall–Kier alpha value is -3.88. The Morgan fingerprint density at radius 1 is 0.638 bits per heavy atom. The van der Waals surface area contributed by atoms with Crippen LogP contribution in [0.25, 0.3) is 0 Å². The summed E-state index contributed by atoms with van der Waals surface area (Å²) < 4.78 is 0. The van der Waals surface area contributed by atoms with Gasteiger partial charge in [0.1, 0.15) is 0 Å². The topological polar surface area (TPSA) is 88.7 Å². The highest BCUT2D eigenvalue weighted by atomic mass is 16.2. The number of nitrogens with zero attached hydrogens (tertiary/aromatic N) is 2. The van der Waals surface area contributed by atoms with Crippen LogP contribution in [-0.2, 0) is 19.6 Å². The molecule has 0 bridgehead atoms. The highest BCUT2D eigenvalue weighted by molar-refractivity contribution is 5.75. The molecule has 4 N–H and O–H groups in total. The first-order valence-electron chi connectivity index (χ1n) is 17.8. The molecule has 1 saturated carbocycles. The predicted octanol–water partition coefficient (Wildman–Crippen LogP) is 6.14. The SMILES string of the molecule is O=C(NCc1ccccc1)N(Cc1cccc(C2CCCC(NC(=O)N(Cc3ccccc3)C3CCNCC3)C2)c1)C1CCNCC1. The lowest BCUT2D eigenvalue weighted by Gasteiger charge is -2.37. The van der Waals surface area contributed by atoms with Gasteiger partial charge in [0.15, 0.2) is 0 Å². The summed E-state index contributed by atoms with van der Waals surface area (Å²) in [6.45, 7) is 5.53. The molecule has 2 unspecified atom stereocenters. The Morgan fingerprint density at radius 3 is 1.87 bits per heavy atom. The Kier molecular flexibility index (Phi) is 11.8. The van der Waals surface area contributed by atoms with Gasteiger partial charge >= 0.3 is 12.1 Å². The molecule has 4 amide bonds. The minimum absolute atomic E-state index is 0.000373. The van der Waals surface area contributed by atoms with E-state index < -0.39 is 0 Å². The molecule has 0 radical (unpaired) electrons. The Bertz CT molecular complexity index is 1410. The van der Waals surface area contributed by atoms with Crippen LogP contribution in [0.5, 0.6) is 0 Å². The van der Waals surface area contributed by atoms with Crippen molar-refractivity contribution in [2.45, 2.75) is 95.0 Å². The molecular weight excluding hydrogens is 584 g/mol. The van der Waals surface area contributed by atoms with E-state index in [1.54, 1.807) is 0 Å². The van der Waals surface area contributed by atoms with E-state index in [0.29, 0.717) is 25.6 Å². The van der Waals surface area contributed by atoms with Crippen LogP contribution in [0, 0.1) is 0 Å². The molecule has 3 aliphatic rings. The quantitative estimate of drug-likeness (QED) is 0.215. The van der Waals surface area contributed by atoms with Crippen LogP contribution in [0.1, 0.15) is 79.5 Å². The van der Waals surface area contributed by atoms with Crippen LogP contribution in [0.4, 0.5) is 9.59 Å². The number of hydrogen-bond donors (Lipinski definition) is 4. The molecule has 1 aliphatic carbocycles.